The van der Waals surface area contributed by atoms with Crippen LogP contribution in [0, 0.1) is 5.41 Å². The van der Waals surface area contributed by atoms with Crippen molar-refractivity contribution in [1.82, 2.24) is 10.2 Å². The van der Waals surface area contributed by atoms with Crippen molar-refractivity contribution in [1.29, 1.82) is 0 Å². The molecule has 4 nitrogen and oxygen atoms in total. The Morgan fingerprint density at radius 3 is 2.82 bits per heavy atom. The molecular formula is C12H23N3OS. The summed E-state index contributed by atoms with van der Waals surface area (Å²) in [6.45, 7) is 8.68. The summed E-state index contributed by atoms with van der Waals surface area (Å²) in [5.74, 6) is 0.145. The van der Waals surface area contributed by atoms with Gasteiger partial charge in [0, 0.05) is 18.5 Å². The lowest BCUT2D eigenvalue weighted by Crippen LogP contribution is -2.55. The van der Waals surface area contributed by atoms with Gasteiger partial charge in [0.05, 0.1) is 11.0 Å². The van der Waals surface area contributed by atoms with Crippen LogP contribution >= 0.6 is 12.2 Å². The number of carbonyl (C=O) groups excluding carboxylic acids is 1. The van der Waals surface area contributed by atoms with Gasteiger partial charge in [0.15, 0.2) is 0 Å². The molecule has 3 N–H and O–H groups in total. The summed E-state index contributed by atoms with van der Waals surface area (Å²) < 4.78 is 0. The van der Waals surface area contributed by atoms with E-state index in [0.29, 0.717) is 4.99 Å². The van der Waals surface area contributed by atoms with Crippen molar-refractivity contribution in [2.45, 2.75) is 39.7 Å². The molecule has 0 spiro atoms. The van der Waals surface area contributed by atoms with Crippen molar-refractivity contribution in [3.63, 3.8) is 0 Å². The van der Waals surface area contributed by atoms with Crippen LogP contribution in [0.5, 0.6) is 0 Å². The molecule has 1 rings (SSSR count). The number of hydrogen-bond acceptors (Lipinski definition) is 3. The van der Waals surface area contributed by atoms with Crippen molar-refractivity contribution in [3.8, 4) is 0 Å². The number of nitrogens with two attached hydrogens (primary N) is 1. The summed E-state index contributed by atoms with van der Waals surface area (Å²) in [6.07, 6.45) is 1.74. The Labute approximate surface area is 109 Å². The second kappa shape index (κ2) is 5.78. The van der Waals surface area contributed by atoms with Crippen LogP contribution in [0.3, 0.4) is 0 Å². The number of piperazine rings is 1. The quantitative estimate of drug-likeness (QED) is 0.719. The van der Waals surface area contributed by atoms with E-state index in [4.69, 9.17) is 18.0 Å². The lowest BCUT2D eigenvalue weighted by atomic mass is 9.89. The average Bonchev–Trinajstić information content (AvgIpc) is 2.26. The first-order chi connectivity index (χ1) is 7.88. The lowest BCUT2D eigenvalue weighted by molar-refractivity contribution is -0.129. The normalized spacial score (nSPS) is 22.3. The fourth-order valence-electron chi connectivity index (χ4n) is 2.02. The van der Waals surface area contributed by atoms with Gasteiger partial charge in [-0.3, -0.25) is 9.69 Å². The van der Waals surface area contributed by atoms with E-state index in [0.717, 1.165) is 32.5 Å². The zero-order valence-corrected chi connectivity index (χ0v) is 11.8. The fraction of sp³-hybridized carbons (Fsp3) is 0.833. The average molecular weight is 257 g/mol. The maximum absolute atomic E-state index is 11.7. The minimum atomic E-state index is -0.137. The van der Waals surface area contributed by atoms with Gasteiger partial charge in [-0.25, -0.2) is 0 Å². The molecule has 1 atom stereocenters. The zero-order chi connectivity index (χ0) is 13.1. The Morgan fingerprint density at radius 2 is 2.29 bits per heavy atom. The van der Waals surface area contributed by atoms with E-state index >= 15 is 0 Å². The SMILES string of the molecule is CCC1C(=O)NCCN1CCC(C)(C)C(N)=S. The van der Waals surface area contributed by atoms with Crippen LogP contribution in [0.2, 0.25) is 0 Å². The van der Waals surface area contributed by atoms with Gasteiger partial charge in [0.1, 0.15) is 0 Å². The molecule has 0 bridgehead atoms. The molecular weight excluding hydrogens is 234 g/mol. The minimum absolute atomic E-state index is 0.00546. The van der Waals surface area contributed by atoms with E-state index in [9.17, 15) is 4.79 Å². The van der Waals surface area contributed by atoms with Gasteiger partial charge in [-0.2, -0.15) is 0 Å². The molecule has 1 aliphatic rings. The Kier molecular flexibility index (Phi) is 4.89. The molecule has 0 saturated carbocycles. The van der Waals surface area contributed by atoms with E-state index in [1.54, 1.807) is 0 Å². The van der Waals surface area contributed by atoms with Crippen LogP contribution in [-0.2, 0) is 4.79 Å². The smallest absolute Gasteiger partial charge is 0.237 e. The summed E-state index contributed by atoms with van der Waals surface area (Å²) >= 11 is 5.06. The van der Waals surface area contributed by atoms with Gasteiger partial charge in [0.2, 0.25) is 5.91 Å². The van der Waals surface area contributed by atoms with Crippen LogP contribution < -0.4 is 11.1 Å². The highest BCUT2D eigenvalue weighted by Gasteiger charge is 2.30. The number of nitrogens with one attached hydrogen (secondary N) is 1. The molecule has 0 aromatic heterocycles. The Balaban J connectivity index is 2.55. The van der Waals surface area contributed by atoms with E-state index in [-0.39, 0.29) is 17.4 Å². The molecule has 17 heavy (non-hydrogen) atoms. The molecule has 0 aromatic rings. The van der Waals surface area contributed by atoms with E-state index in [2.05, 4.69) is 24.1 Å². The van der Waals surface area contributed by atoms with E-state index < -0.39 is 0 Å². The van der Waals surface area contributed by atoms with Crippen LogP contribution in [-0.4, -0.2) is 41.5 Å². The first kappa shape index (κ1) is 14.4. The number of rotatable bonds is 5. The van der Waals surface area contributed by atoms with E-state index in [1.165, 1.54) is 0 Å². The molecule has 1 heterocycles. The molecule has 1 aliphatic heterocycles. The molecule has 98 valence electrons. The second-order valence-corrected chi connectivity index (χ2v) is 5.69. The summed E-state index contributed by atoms with van der Waals surface area (Å²) in [5.41, 5.74) is 5.58. The summed E-state index contributed by atoms with van der Waals surface area (Å²) in [5, 5.41) is 2.90. The molecule has 1 fully saturated rings. The van der Waals surface area contributed by atoms with Crippen LogP contribution in [0.4, 0.5) is 0 Å². The van der Waals surface area contributed by atoms with Gasteiger partial charge >= 0.3 is 0 Å². The van der Waals surface area contributed by atoms with Gasteiger partial charge in [0.25, 0.3) is 0 Å². The van der Waals surface area contributed by atoms with Gasteiger partial charge in [-0.15, -0.1) is 0 Å². The number of amides is 1. The molecule has 1 unspecified atom stereocenters. The van der Waals surface area contributed by atoms with Crippen molar-refractivity contribution in [2.24, 2.45) is 11.1 Å². The molecule has 1 saturated heterocycles. The predicted octanol–water partition coefficient (Wildman–Crippen LogP) is 0.899. The highest BCUT2D eigenvalue weighted by atomic mass is 32.1. The summed E-state index contributed by atoms with van der Waals surface area (Å²) in [4.78, 5) is 14.5. The van der Waals surface area contributed by atoms with Crippen molar-refractivity contribution in [3.05, 3.63) is 0 Å². The highest BCUT2D eigenvalue weighted by Crippen LogP contribution is 2.22. The third-order valence-electron chi connectivity index (χ3n) is 3.52. The Bertz CT molecular complexity index is 304. The number of nitrogens with zero attached hydrogens (tertiary/aromatic N) is 1. The van der Waals surface area contributed by atoms with Crippen molar-refractivity contribution < 1.29 is 4.79 Å². The molecule has 0 radical (unpaired) electrons. The summed E-state index contributed by atoms with van der Waals surface area (Å²) in [7, 11) is 0. The van der Waals surface area contributed by atoms with Crippen LogP contribution in [0.1, 0.15) is 33.6 Å². The highest BCUT2D eigenvalue weighted by molar-refractivity contribution is 7.80. The minimum Gasteiger partial charge on any atom is -0.393 e. The Morgan fingerprint density at radius 1 is 1.65 bits per heavy atom. The largest absolute Gasteiger partial charge is 0.393 e. The number of hydrogen-bond donors (Lipinski definition) is 2. The van der Waals surface area contributed by atoms with Gasteiger partial charge in [-0.05, 0) is 19.4 Å². The third kappa shape index (κ3) is 3.64. The summed E-state index contributed by atoms with van der Waals surface area (Å²) in [6, 6.07) is 0.00546. The van der Waals surface area contributed by atoms with E-state index in [1.807, 2.05) is 6.92 Å². The van der Waals surface area contributed by atoms with Crippen LogP contribution in [0.25, 0.3) is 0 Å². The van der Waals surface area contributed by atoms with Crippen molar-refractivity contribution >= 4 is 23.1 Å². The topological polar surface area (TPSA) is 58.4 Å². The van der Waals surface area contributed by atoms with Crippen LogP contribution in [0.15, 0.2) is 0 Å². The maximum atomic E-state index is 11.7. The molecule has 5 heteroatoms. The zero-order valence-electron chi connectivity index (χ0n) is 11.0. The first-order valence-corrected chi connectivity index (χ1v) is 6.61. The fourth-order valence-corrected chi connectivity index (χ4v) is 2.12. The third-order valence-corrected chi connectivity index (χ3v) is 4.07. The first-order valence-electron chi connectivity index (χ1n) is 6.20. The standard InChI is InChI=1S/C12H23N3OS/c1-4-9-10(16)14-6-8-15(9)7-5-12(2,3)11(13)17/h9H,4-8H2,1-3H3,(H2,13,17)(H,14,16). The predicted molar refractivity (Wildman–Crippen MR) is 73.8 cm³/mol. The molecule has 0 aliphatic carbocycles. The maximum Gasteiger partial charge on any atom is 0.237 e. The Hall–Kier alpha value is -0.680. The lowest BCUT2D eigenvalue weighted by Gasteiger charge is -2.36. The van der Waals surface area contributed by atoms with Crippen molar-refractivity contribution in [2.75, 3.05) is 19.6 Å². The second-order valence-electron chi connectivity index (χ2n) is 5.25. The monoisotopic (exact) mass is 257 g/mol. The molecule has 0 aromatic carbocycles. The molecule has 1 amide bonds. The number of carbonyl (C=O) groups is 1. The van der Waals surface area contributed by atoms with Gasteiger partial charge in [-0.1, -0.05) is 33.0 Å². The number of thiocarbonyl (C=S) groups is 1. The van der Waals surface area contributed by atoms with Gasteiger partial charge < -0.3 is 11.1 Å².